The number of aromatic nitrogens is 3. The van der Waals surface area contributed by atoms with Crippen molar-refractivity contribution in [3.8, 4) is 0 Å². The number of carbonyl (C=O) groups is 1. The predicted molar refractivity (Wildman–Crippen MR) is 92.8 cm³/mol. The fourth-order valence-corrected chi connectivity index (χ4v) is 3.88. The number of amides is 1. The summed E-state index contributed by atoms with van der Waals surface area (Å²) >= 11 is 0. The van der Waals surface area contributed by atoms with Crippen molar-refractivity contribution < 1.29 is 9.53 Å². The van der Waals surface area contributed by atoms with E-state index in [-0.39, 0.29) is 18.1 Å². The van der Waals surface area contributed by atoms with E-state index in [1.165, 1.54) is 5.56 Å². The molecule has 0 aliphatic carbocycles. The summed E-state index contributed by atoms with van der Waals surface area (Å²) in [6.45, 7) is 3.42. The smallest absolute Gasteiger partial charge is 0.222 e. The molecule has 132 valence electrons. The van der Waals surface area contributed by atoms with Gasteiger partial charge in [-0.15, -0.1) is 0 Å². The van der Waals surface area contributed by atoms with Crippen LogP contribution in [0.2, 0.25) is 0 Å². The van der Waals surface area contributed by atoms with Gasteiger partial charge in [-0.05, 0) is 37.7 Å². The maximum absolute atomic E-state index is 12.6. The standard InChI is InChI=1S/C19H24N4O2/c1-13-20-19(22-21-13)16-11-15-9-10-23(12-17(15)25-16)18(24)8-7-14-5-3-2-4-6-14/h2-6,15-17H,7-12H2,1H3,(H,20,21,22)/t15-,16+,17+/m0/s1. The van der Waals surface area contributed by atoms with Gasteiger partial charge in [-0.1, -0.05) is 30.3 Å². The largest absolute Gasteiger partial charge is 0.365 e. The fraction of sp³-hybridized carbons (Fsp3) is 0.526. The number of hydrogen-bond acceptors (Lipinski definition) is 4. The third-order valence-corrected chi connectivity index (χ3v) is 5.28. The molecule has 1 N–H and O–H groups in total. The highest BCUT2D eigenvalue weighted by atomic mass is 16.5. The summed E-state index contributed by atoms with van der Waals surface area (Å²) in [7, 11) is 0. The fourth-order valence-electron chi connectivity index (χ4n) is 3.88. The number of aryl methyl sites for hydroxylation is 2. The Kier molecular flexibility index (Phi) is 4.53. The van der Waals surface area contributed by atoms with Crippen molar-refractivity contribution >= 4 is 5.91 Å². The molecule has 2 fully saturated rings. The van der Waals surface area contributed by atoms with Gasteiger partial charge in [-0.25, -0.2) is 4.98 Å². The third kappa shape index (κ3) is 3.58. The van der Waals surface area contributed by atoms with Crippen molar-refractivity contribution in [2.45, 2.75) is 44.8 Å². The van der Waals surface area contributed by atoms with E-state index in [0.717, 1.165) is 37.5 Å². The van der Waals surface area contributed by atoms with Crippen molar-refractivity contribution in [1.82, 2.24) is 20.1 Å². The molecular weight excluding hydrogens is 316 g/mol. The molecule has 2 aliphatic heterocycles. The summed E-state index contributed by atoms with van der Waals surface area (Å²) in [6.07, 6.45) is 3.38. The van der Waals surface area contributed by atoms with Gasteiger partial charge >= 0.3 is 0 Å². The number of rotatable bonds is 4. The summed E-state index contributed by atoms with van der Waals surface area (Å²) in [5, 5.41) is 7.11. The molecule has 1 aromatic heterocycles. The van der Waals surface area contributed by atoms with E-state index in [2.05, 4.69) is 27.3 Å². The van der Waals surface area contributed by atoms with Crippen LogP contribution < -0.4 is 0 Å². The Morgan fingerprint density at radius 2 is 2.20 bits per heavy atom. The van der Waals surface area contributed by atoms with E-state index in [1.54, 1.807) is 0 Å². The van der Waals surface area contributed by atoms with Crippen LogP contribution in [0.15, 0.2) is 30.3 Å². The number of nitrogens with zero attached hydrogens (tertiary/aromatic N) is 3. The quantitative estimate of drug-likeness (QED) is 0.928. The van der Waals surface area contributed by atoms with Gasteiger partial charge < -0.3 is 9.64 Å². The maximum Gasteiger partial charge on any atom is 0.222 e. The minimum atomic E-state index is -0.0423. The van der Waals surface area contributed by atoms with Crippen molar-refractivity contribution in [3.63, 3.8) is 0 Å². The van der Waals surface area contributed by atoms with E-state index >= 15 is 0 Å². The highest BCUT2D eigenvalue weighted by Crippen LogP contribution is 2.39. The zero-order valence-corrected chi connectivity index (χ0v) is 14.5. The van der Waals surface area contributed by atoms with Crippen LogP contribution in [0.5, 0.6) is 0 Å². The molecule has 2 saturated heterocycles. The molecule has 25 heavy (non-hydrogen) atoms. The lowest BCUT2D eigenvalue weighted by molar-refractivity contribution is -0.135. The summed E-state index contributed by atoms with van der Waals surface area (Å²) < 4.78 is 6.17. The number of carbonyl (C=O) groups excluding carboxylic acids is 1. The molecule has 2 aliphatic rings. The van der Waals surface area contributed by atoms with Crippen LogP contribution >= 0.6 is 0 Å². The molecule has 3 atom stereocenters. The van der Waals surface area contributed by atoms with Gasteiger partial charge in [-0.2, -0.15) is 5.10 Å². The van der Waals surface area contributed by atoms with Crippen LogP contribution in [0.1, 0.15) is 42.6 Å². The zero-order chi connectivity index (χ0) is 17.2. The van der Waals surface area contributed by atoms with Crippen molar-refractivity contribution in [2.75, 3.05) is 13.1 Å². The first kappa shape index (κ1) is 16.3. The van der Waals surface area contributed by atoms with Crippen LogP contribution in [0.25, 0.3) is 0 Å². The summed E-state index contributed by atoms with van der Waals surface area (Å²) in [6, 6.07) is 10.2. The Bertz CT molecular complexity index is 730. The van der Waals surface area contributed by atoms with Gasteiger partial charge in [0.05, 0.1) is 6.10 Å². The number of ether oxygens (including phenoxy) is 1. The summed E-state index contributed by atoms with van der Waals surface area (Å²) in [5.41, 5.74) is 1.21. The van der Waals surface area contributed by atoms with E-state index in [0.29, 0.717) is 18.9 Å². The lowest BCUT2D eigenvalue weighted by Gasteiger charge is -2.34. The van der Waals surface area contributed by atoms with Gasteiger partial charge in [0.25, 0.3) is 0 Å². The maximum atomic E-state index is 12.6. The highest BCUT2D eigenvalue weighted by Gasteiger charge is 2.41. The number of aromatic amines is 1. The number of benzene rings is 1. The van der Waals surface area contributed by atoms with E-state index in [4.69, 9.17) is 4.74 Å². The molecule has 1 amide bonds. The minimum absolute atomic E-state index is 0.0423. The molecule has 0 radical (unpaired) electrons. The lowest BCUT2D eigenvalue weighted by Crippen LogP contribution is -2.45. The van der Waals surface area contributed by atoms with Crippen LogP contribution in [-0.4, -0.2) is 45.2 Å². The first-order valence-electron chi connectivity index (χ1n) is 9.05. The van der Waals surface area contributed by atoms with Gasteiger partial charge in [-0.3, -0.25) is 9.89 Å². The number of H-pyrrole nitrogens is 1. The Morgan fingerprint density at radius 3 is 2.96 bits per heavy atom. The Morgan fingerprint density at radius 1 is 1.36 bits per heavy atom. The second-order valence-electron chi connectivity index (χ2n) is 7.05. The summed E-state index contributed by atoms with van der Waals surface area (Å²) in [4.78, 5) is 18.9. The van der Waals surface area contributed by atoms with Gasteiger partial charge in [0.15, 0.2) is 5.82 Å². The molecule has 6 nitrogen and oxygen atoms in total. The summed E-state index contributed by atoms with van der Waals surface area (Å²) in [5.74, 6) is 2.28. The number of nitrogens with one attached hydrogen (secondary N) is 1. The average molecular weight is 340 g/mol. The molecule has 1 aromatic carbocycles. The van der Waals surface area contributed by atoms with Crippen LogP contribution in [0, 0.1) is 12.8 Å². The van der Waals surface area contributed by atoms with Crippen molar-refractivity contribution in [1.29, 1.82) is 0 Å². The predicted octanol–water partition coefficient (Wildman–Crippen LogP) is 2.42. The Hall–Kier alpha value is -2.21. The monoisotopic (exact) mass is 340 g/mol. The van der Waals surface area contributed by atoms with Crippen molar-refractivity contribution in [2.24, 2.45) is 5.92 Å². The van der Waals surface area contributed by atoms with Crippen LogP contribution in [0.3, 0.4) is 0 Å². The average Bonchev–Trinajstić information content (AvgIpc) is 3.25. The normalized spacial score (nSPS) is 25.8. The van der Waals surface area contributed by atoms with E-state index in [9.17, 15) is 4.79 Å². The topological polar surface area (TPSA) is 71.1 Å². The molecule has 6 heteroatoms. The SMILES string of the molecule is Cc1nc([C@H]2C[C@@H]3CCN(C(=O)CCc4ccccc4)C[C@H]3O2)n[nH]1. The Balaban J connectivity index is 1.32. The molecule has 0 unspecified atom stereocenters. The van der Waals surface area contributed by atoms with Crippen molar-refractivity contribution in [3.05, 3.63) is 47.5 Å². The van der Waals surface area contributed by atoms with E-state index < -0.39 is 0 Å². The number of likely N-dealkylation sites (tertiary alicyclic amines) is 1. The molecule has 2 aromatic rings. The van der Waals surface area contributed by atoms with Gasteiger partial charge in [0, 0.05) is 19.5 Å². The molecule has 0 spiro atoms. The molecule has 0 bridgehead atoms. The molecule has 4 rings (SSSR count). The minimum Gasteiger partial charge on any atom is -0.365 e. The second-order valence-corrected chi connectivity index (χ2v) is 7.05. The van der Waals surface area contributed by atoms with Crippen LogP contribution in [0.4, 0.5) is 0 Å². The number of fused-ring (bicyclic) bond motifs is 1. The Labute approximate surface area is 147 Å². The lowest BCUT2D eigenvalue weighted by atomic mass is 9.91. The third-order valence-electron chi connectivity index (χ3n) is 5.28. The zero-order valence-electron chi connectivity index (χ0n) is 14.5. The van der Waals surface area contributed by atoms with Gasteiger partial charge in [0.2, 0.25) is 5.91 Å². The first-order chi connectivity index (χ1) is 12.2. The first-order valence-corrected chi connectivity index (χ1v) is 9.05. The van der Waals surface area contributed by atoms with Gasteiger partial charge in [0.1, 0.15) is 11.9 Å². The highest BCUT2D eigenvalue weighted by molar-refractivity contribution is 5.76. The molecular formula is C19H24N4O2. The van der Waals surface area contributed by atoms with E-state index in [1.807, 2.05) is 30.0 Å². The van der Waals surface area contributed by atoms with Crippen LogP contribution in [-0.2, 0) is 16.0 Å². The molecule has 0 saturated carbocycles. The second kappa shape index (κ2) is 6.96. The molecule has 3 heterocycles. The number of piperidine rings is 1. The number of hydrogen-bond donors (Lipinski definition) is 1.